The Bertz CT molecular complexity index is 572. The first-order valence-corrected chi connectivity index (χ1v) is 8.62. The molecule has 2 saturated heterocycles. The molecule has 3 heterocycles. The van der Waals surface area contributed by atoms with Crippen LogP contribution in [0.3, 0.4) is 0 Å². The number of rotatable bonds is 6. The van der Waals surface area contributed by atoms with E-state index < -0.39 is 0 Å². The van der Waals surface area contributed by atoms with Gasteiger partial charge in [0.2, 0.25) is 5.91 Å². The van der Waals surface area contributed by atoms with Crippen LogP contribution in [0, 0.1) is 6.92 Å². The van der Waals surface area contributed by atoms with Gasteiger partial charge in [-0.05, 0) is 37.5 Å². The lowest BCUT2D eigenvalue weighted by Crippen LogP contribution is -2.67. The summed E-state index contributed by atoms with van der Waals surface area (Å²) in [5.41, 5.74) is 2.10. The predicted octanol–water partition coefficient (Wildman–Crippen LogP) is 1.70. The van der Waals surface area contributed by atoms with Crippen molar-refractivity contribution in [2.75, 3.05) is 32.9 Å². The minimum absolute atomic E-state index is 0.0418. The van der Waals surface area contributed by atoms with E-state index in [9.17, 15) is 4.79 Å². The van der Waals surface area contributed by atoms with Gasteiger partial charge >= 0.3 is 0 Å². The van der Waals surface area contributed by atoms with E-state index in [0.29, 0.717) is 32.9 Å². The first-order valence-electron chi connectivity index (χ1n) is 8.62. The fourth-order valence-electron chi connectivity index (χ4n) is 3.31. The number of carbonyl (C=O) groups is 1. The molecule has 0 N–H and O–H groups in total. The molecule has 0 aliphatic carbocycles. The molecular formula is C18H26N2O4. The molecule has 24 heavy (non-hydrogen) atoms. The van der Waals surface area contributed by atoms with E-state index in [2.05, 4.69) is 11.9 Å². The van der Waals surface area contributed by atoms with Gasteiger partial charge in [0.15, 0.2) is 0 Å². The summed E-state index contributed by atoms with van der Waals surface area (Å²) in [6, 6.07) is 2.00. The molecule has 0 bridgehead atoms. The van der Waals surface area contributed by atoms with E-state index in [4.69, 9.17) is 14.2 Å². The van der Waals surface area contributed by atoms with Crippen molar-refractivity contribution in [3.63, 3.8) is 0 Å². The first-order chi connectivity index (χ1) is 11.6. The Morgan fingerprint density at radius 1 is 1.50 bits per heavy atom. The Morgan fingerprint density at radius 3 is 3.08 bits per heavy atom. The van der Waals surface area contributed by atoms with Crippen molar-refractivity contribution in [3.05, 3.63) is 29.6 Å². The van der Waals surface area contributed by atoms with E-state index in [1.807, 2.05) is 24.1 Å². The SMILES string of the molecule is CCOCC(=O)N1CC2(CC(OCc3cnccc3C)CCO2)C1. The van der Waals surface area contributed by atoms with E-state index in [1.54, 1.807) is 6.20 Å². The van der Waals surface area contributed by atoms with E-state index in [-0.39, 0.29) is 24.2 Å². The molecule has 1 aromatic heterocycles. The fraction of sp³-hybridized carbons (Fsp3) is 0.667. The molecule has 132 valence electrons. The molecule has 0 saturated carbocycles. The average Bonchev–Trinajstić information content (AvgIpc) is 2.57. The van der Waals surface area contributed by atoms with Crippen molar-refractivity contribution < 1.29 is 19.0 Å². The molecule has 1 aromatic rings. The number of nitrogens with zero attached hydrogens (tertiary/aromatic N) is 2. The highest BCUT2D eigenvalue weighted by atomic mass is 16.5. The molecule has 0 radical (unpaired) electrons. The van der Waals surface area contributed by atoms with Crippen LogP contribution in [0.1, 0.15) is 30.9 Å². The second kappa shape index (κ2) is 7.59. The van der Waals surface area contributed by atoms with Crippen molar-refractivity contribution in [1.29, 1.82) is 0 Å². The standard InChI is InChI=1S/C18H26N2O4/c1-3-22-11-17(21)20-12-18(13-20)8-16(5-7-24-18)23-10-15-9-19-6-4-14(15)2/h4,6,9,16H,3,5,7-8,10-13H2,1-2H3. The summed E-state index contributed by atoms with van der Waals surface area (Å²) in [6.07, 6.45) is 5.56. The normalized spacial score (nSPS) is 22.4. The van der Waals surface area contributed by atoms with Crippen LogP contribution in [0.4, 0.5) is 0 Å². The minimum Gasteiger partial charge on any atom is -0.373 e. The molecule has 2 aliphatic heterocycles. The molecule has 6 heteroatoms. The number of aromatic nitrogens is 1. The number of hydrogen-bond donors (Lipinski definition) is 0. The van der Waals surface area contributed by atoms with Gasteiger partial charge in [-0.1, -0.05) is 0 Å². The van der Waals surface area contributed by atoms with Gasteiger partial charge in [-0.25, -0.2) is 0 Å². The molecule has 1 spiro atoms. The lowest BCUT2D eigenvalue weighted by molar-refractivity contribution is -0.204. The van der Waals surface area contributed by atoms with Gasteiger partial charge < -0.3 is 19.1 Å². The van der Waals surface area contributed by atoms with Crippen molar-refractivity contribution in [3.8, 4) is 0 Å². The molecule has 2 aliphatic rings. The number of likely N-dealkylation sites (tertiary alicyclic amines) is 1. The summed E-state index contributed by atoms with van der Waals surface area (Å²) >= 11 is 0. The Morgan fingerprint density at radius 2 is 2.33 bits per heavy atom. The van der Waals surface area contributed by atoms with Crippen LogP contribution < -0.4 is 0 Å². The highest BCUT2D eigenvalue weighted by Crippen LogP contribution is 2.35. The number of hydrogen-bond acceptors (Lipinski definition) is 5. The highest BCUT2D eigenvalue weighted by molar-refractivity contribution is 5.78. The third-order valence-electron chi connectivity index (χ3n) is 4.81. The third kappa shape index (κ3) is 3.94. The Balaban J connectivity index is 1.47. The fourth-order valence-corrected chi connectivity index (χ4v) is 3.31. The molecule has 2 fully saturated rings. The van der Waals surface area contributed by atoms with Gasteiger partial charge in [0.1, 0.15) is 12.2 Å². The maximum absolute atomic E-state index is 11.9. The van der Waals surface area contributed by atoms with E-state index in [1.165, 1.54) is 5.56 Å². The van der Waals surface area contributed by atoms with E-state index in [0.717, 1.165) is 18.4 Å². The highest BCUT2D eigenvalue weighted by Gasteiger charge is 2.49. The first kappa shape index (κ1) is 17.3. The average molecular weight is 334 g/mol. The Kier molecular flexibility index (Phi) is 5.48. The minimum atomic E-state index is -0.227. The number of ether oxygens (including phenoxy) is 3. The van der Waals surface area contributed by atoms with Gasteiger partial charge in [-0.2, -0.15) is 0 Å². The molecule has 6 nitrogen and oxygen atoms in total. The maximum atomic E-state index is 11.9. The second-order valence-electron chi connectivity index (χ2n) is 6.65. The van der Waals surface area contributed by atoms with Crippen LogP contribution in [0.5, 0.6) is 0 Å². The zero-order valence-electron chi connectivity index (χ0n) is 14.5. The van der Waals surface area contributed by atoms with Gasteiger partial charge in [0.05, 0.1) is 25.8 Å². The zero-order valence-corrected chi connectivity index (χ0v) is 14.5. The lowest BCUT2D eigenvalue weighted by atomic mass is 9.84. The summed E-state index contributed by atoms with van der Waals surface area (Å²) in [6.45, 7) is 7.23. The quantitative estimate of drug-likeness (QED) is 0.792. The number of pyridine rings is 1. The van der Waals surface area contributed by atoms with E-state index >= 15 is 0 Å². The Hall–Kier alpha value is -1.50. The monoisotopic (exact) mass is 334 g/mol. The number of amides is 1. The summed E-state index contributed by atoms with van der Waals surface area (Å²) in [4.78, 5) is 17.9. The summed E-state index contributed by atoms with van der Waals surface area (Å²) in [7, 11) is 0. The zero-order chi connectivity index (χ0) is 17.0. The van der Waals surface area contributed by atoms with Crippen molar-refractivity contribution in [1.82, 2.24) is 9.88 Å². The number of aryl methyl sites for hydroxylation is 1. The Labute approximate surface area is 143 Å². The van der Waals surface area contributed by atoms with Crippen LogP contribution in [-0.4, -0.2) is 60.4 Å². The largest absolute Gasteiger partial charge is 0.373 e. The van der Waals surface area contributed by atoms with Crippen molar-refractivity contribution in [2.24, 2.45) is 0 Å². The number of carbonyl (C=O) groups excluding carboxylic acids is 1. The molecule has 1 atom stereocenters. The topological polar surface area (TPSA) is 60.9 Å². The van der Waals surface area contributed by atoms with Gasteiger partial charge in [0.25, 0.3) is 0 Å². The molecule has 1 amide bonds. The molecule has 3 rings (SSSR count). The van der Waals surface area contributed by atoms with Crippen LogP contribution in [0.2, 0.25) is 0 Å². The third-order valence-corrected chi connectivity index (χ3v) is 4.81. The summed E-state index contributed by atoms with van der Waals surface area (Å²) < 4.78 is 17.2. The van der Waals surface area contributed by atoms with Gasteiger partial charge in [0, 0.05) is 32.0 Å². The summed E-state index contributed by atoms with van der Waals surface area (Å²) in [5.74, 6) is 0.0418. The molecule has 0 aromatic carbocycles. The van der Waals surface area contributed by atoms with Crippen LogP contribution in [0.25, 0.3) is 0 Å². The van der Waals surface area contributed by atoms with Gasteiger partial charge in [-0.15, -0.1) is 0 Å². The van der Waals surface area contributed by atoms with Gasteiger partial charge in [-0.3, -0.25) is 9.78 Å². The maximum Gasteiger partial charge on any atom is 0.248 e. The van der Waals surface area contributed by atoms with Crippen molar-refractivity contribution >= 4 is 5.91 Å². The smallest absolute Gasteiger partial charge is 0.248 e. The summed E-state index contributed by atoms with van der Waals surface area (Å²) in [5, 5.41) is 0. The molecular weight excluding hydrogens is 308 g/mol. The van der Waals surface area contributed by atoms with Crippen LogP contribution in [0.15, 0.2) is 18.5 Å². The van der Waals surface area contributed by atoms with Crippen LogP contribution in [-0.2, 0) is 25.6 Å². The predicted molar refractivity (Wildman–Crippen MR) is 88.5 cm³/mol. The van der Waals surface area contributed by atoms with Crippen LogP contribution >= 0.6 is 0 Å². The lowest BCUT2D eigenvalue weighted by Gasteiger charge is -2.53. The van der Waals surface area contributed by atoms with Crippen molar-refractivity contribution in [2.45, 2.75) is 45.0 Å². The molecule has 1 unspecified atom stereocenters. The second-order valence-corrected chi connectivity index (χ2v) is 6.65.